The molecule has 0 aliphatic carbocycles. The van der Waals surface area contributed by atoms with Gasteiger partial charge in [0, 0.05) is 6.04 Å². The molecule has 0 saturated carbocycles. The van der Waals surface area contributed by atoms with Gasteiger partial charge in [-0.1, -0.05) is 19.1 Å². The Hall–Kier alpha value is -1.06. The molecule has 1 aliphatic rings. The summed E-state index contributed by atoms with van der Waals surface area (Å²) in [6.45, 7) is 3.57. The fourth-order valence-corrected chi connectivity index (χ4v) is 1.40. The highest BCUT2D eigenvalue weighted by Gasteiger charge is 2.22. The Balaban J connectivity index is 1.90. The Morgan fingerprint density at radius 1 is 1.47 bits per heavy atom. The van der Waals surface area contributed by atoms with E-state index in [0.717, 1.165) is 24.3 Å². The Labute approximate surface area is 90.2 Å². The highest BCUT2D eigenvalue weighted by molar-refractivity contribution is 5.29. The number of epoxide rings is 1. The molecule has 1 aliphatic heterocycles. The Morgan fingerprint density at radius 2 is 2.13 bits per heavy atom. The summed E-state index contributed by atoms with van der Waals surface area (Å²) >= 11 is 0. The second-order valence-electron chi connectivity index (χ2n) is 3.85. The normalized spacial score (nSPS) is 21.1. The third-order valence-electron chi connectivity index (χ3n) is 2.59. The number of nitrogens with two attached hydrogens (primary N) is 1. The van der Waals surface area contributed by atoms with E-state index >= 15 is 0 Å². The Morgan fingerprint density at radius 3 is 2.67 bits per heavy atom. The molecule has 2 unspecified atom stereocenters. The van der Waals surface area contributed by atoms with Crippen LogP contribution in [0.1, 0.15) is 24.9 Å². The Kier molecular flexibility index (Phi) is 3.23. The van der Waals surface area contributed by atoms with Gasteiger partial charge in [0.2, 0.25) is 0 Å². The van der Waals surface area contributed by atoms with Crippen molar-refractivity contribution in [2.45, 2.75) is 25.5 Å². The van der Waals surface area contributed by atoms with Crippen LogP contribution in [0.25, 0.3) is 0 Å². The van der Waals surface area contributed by atoms with Crippen molar-refractivity contribution in [1.82, 2.24) is 0 Å². The van der Waals surface area contributed by atoms with Crippen LogP contribution in [0.2, 0.25) is 0 Å². The summed E-state index contributed by atoms with van der Waals surface area (Å²) < 4.78 is 10.6. The van der Waals surface area contributed by atoms with Gasteiger partial charge in [-0.05, 0) is 24.1 Å². The highest BCUT2D eigenvalue weighted by atomic mass is 16.6. The lowest BCUT2D eigenvalue weighted by Gasteiger charge is -2.10. The van der Waals surface area contributed by atoms with Gasteiger partial charge in [-0.3, -0.25) is 0 Å². The lowest BCUT2D eigenvalue weighted by atomic mass is 10.1. The Bertz CT molecular complexity index is 306. The van der Waals surface area contributed by atoms with Crippen molar-refractivity contribution < 1.29 is 9.47 Å². The molecule has 2 atom stereocenters. The van der Waals surface area contributed by atoms with Gasteiger partial charge in [0.1, 0.15) is 18.5 Å². The molecule has 82 valence electrons. The van der Waals surface area contributed by atoms with Crippen molar-refractivity contribution in [3.8, 4) is 5.75 Å². The van der Waals surface area contributed by atoms with Crippen LogP contribution in [0, 0.1) is 0 Å². The third-order valence-corrected chi connectivity index (χ3v) is 2.59. The van der Waals surface area contributed by atoms with Crippen LogP contribution < -0.4 is 10.5 Å². The minimum absolute atomic E-state index is 0.130. The molecule has 1 heterocycles. The summed E-state index contributed by atoms with van der Waals surface area (Å²) in [6.07, 6.45) is 1.26. The predicted octanol–water partition coefficient (Wildman–Crippen LogP) is 1.87. The fourth-order valence-electron chi connectivity index (χ4n) is 1.40. The van der Waals surface area contributed by atoms with E-state index in [0.29, 0.717) is 12.7 Å². The molecule has 2 N–H and O–H groups in total. The molecule has 1 saturated heterocycles. The first kappa shape index (κ1) is 10.5. The molecule has 15 heavy (non-hydrogen) atoms. The molecular formula is C12H17NO2. The maximum Gasteiger partial charge on any atom is 0.119 e. The van der Waals surface area contributed by atoms with Crippen molar-refractivity contribution in [3.05, 3.63) is 29.8 Å². The zero-order valence-electron chi connectivity index (χ0n) is 8.98. The number of ether oxygens (including phenoxy) is 2. The van der Waals surface area contributed by atoms with E-state index in [1.807, 2.05) is 24.3 Å². The van der Waals surface area contributed by atoms with Crippen LogP contribution in [-0.4, -0.2) is 19.3 Å². The van der Waals surface area contributed by atoms with Crippen molar-refractivity contribution >= 4 is 0 Å². The van der Waals surface area contributed by atoms with E-state index in [1.54, 1.807) is 0 Å². The third kappa shape index (κ3) is 2.94. The zero-order valence-corrected chi connectivity index (χ0v) is 8.98. The van der Waals surface area contributed by atoms with Gasteiger partial charge in [-0.15, -0.1) is 0 Å². The van der Waals surface area contributed by atoms with Crippen LogP contribution >= 0.6 is 0 Å². The first-order valence-electron chi connectivity index (χ1n) is 5.39. The average Bonchev–Trinajstić information content (AvgIpc) is 3.10. The molecule has 1 aromatic rings. The quantitative estimate of drug-likeness (QED) is 0.750. The maximum atomic E-state index is 5.92. The molecule has 3 heteroatoms. The molecule has 0 amide bonds. The van der Waals surface area contributed by atoms with Crippen LogP contribution in [0.4, 0.5) is 0 Å². The van der Waals surface area contributed by atoms with Gasteiger partial charge in [-0.25, -0.2) is 0 Å². The molecule has 1 aromatic carbocycles. The number of benzene rings is 1. The van der Waals surface area contributed by atoms with Gasteiger partial charge >= 0.3 is 0 Å². The van der Waals surface area contributed by atoms with Crippen LogP contribution in [0.5, 0.6) is 5.75 Å². The van der Waals surface area contributed by atoms with Gasteiger partial charge < -0.3 is 15.2 Å². The molecule has 0 aromatic heterocycles. The summed E-state index contributed by atoms with van der Waals surface area (Å²) in [6, 6.07) is 8.11. The van der Waals surface area contributed by atoms with E-state index in [1.165, 1.54) is 0 Å². The van der Waals surface area contributed by atoms with Crippen LogP contribution in [0.15, 0.2) is 24.3 Å². The first-order chi connectivity index (χ1) is 7.29. The minimum atomic E-state index is 0.130. The second kappa shape index (κ2) is 4.64. The summed E-state index contributed by atoms with van der Waals surface area (Å²) in [4.78, 5) is 0. The van der Waals surface area contributed by atoms with Crippen LogP contribution in [0.3, 0.4) is 0 Å². The van der Waals surface area contributed by atoms with Crippen molar-refractivity contribution in [2.24, 2.45) is 5.73 Å². The smallest absolute Gasteiger partial charge is 0.119 e. The molecule has 1 fully saturated rings. The number of rotatable bonds is 5. The predicted molar refractivity (Wildman–Crippen MR) is 58.9 cm³/mol. The van der Waals surface area contributed by atoms with E-state index in [9.17, 15) is 0 Å². The fraction of sp³-hybridized carbons (Fsp3) is 0.500. The largest absolute Gasteiger partial charge is 0.491 e. The zero-order chi connectivity index (χ0) is 10.7. The van der Waals surface area contributed by atoms with E-state index < -0.39 is 0 Å². The topological polar surface area (TPSA) is 47.8 Å². The molecule has 0 spiro atoms. The average molecular weight is 207 g/mol. The first-order valence-corrected chi connectivity index (χ1v) is 5.39. The number of hydrogen-bond donors (Lipinski definition) is 1. The lowest BCUT2D eigenvalue weighted by Crippen LogP contribution is -2.08. The monoisotopic (exact) mass is 207 g/mol. The van der Waals surface area contributed by atoms with Crippen molar-refractivity contribution in [2.75, 3.05) is 13.2 Å². The van der Waals surface area contributed by atoms with Crippen LogP contribution in [-0.2, 0) is 4.74 Å². The molecule has 0 radical (unpaired) electrons. The SMILES string of the molecule is CCC(N)c1ccc(OCC2CO2)cc1. The van der Waals surface area contributed by atoms with Crippen molar-refractivity contribution in [1.29, 1.82) is 0 Å². The van der Waals surface area contributed by atoms with Gasteiger partial charge in [0.15, 0.2) is 0 Å². The van der Waals surface area contributed by atoms with E-state index in [4.69, 9.17) is 15.2 Å². The molecule has 0 bridgehead atoms. The van der Waals surface area contributed by atoms with Gasteiger partial charge in [0.05, 0.1) is 6.61 Å². The van der Waals surface area contributed by atoms with E-state index in [-0.39, 0.29) is 6.04 Å². The van der Waals surface area contributed by atoms with E-state index in [2.05, 4.69) is 6.92 Å². The molecule has 3 nitrogen and oxygen atoms in total. The lowest BCUT2D eigenvalue weighted by molar-refractivity contribution is 0.263. The summed E-state index contributed by atoms with van der Waals surface area (Å²) in [5.74, 6) is 0.887. The summed E-state index contributed by atoms with van der Waals surface area (Å²) in [7, 11) is 0. The highest BCUT2D eigenvalue weighted by Crippen LogP contribution is 2.19. The van der Waals surface area contributed by atoms with Gasteiger partial charge in [0.25, 0.3) is 0 Å². The minimum Gasteiger partial charge on any atom is -0.491 e. The van der Waals surface area contributed by atoms with Crippen molar-refractivity contribution in [3.63, 3.8) is 0 Å². The summed E-state index contributed by atoms with van der Waals surface area (Å²) in [5, 5.41) is 0. The molecule has 2 rings (SSSR count). The second-order valence-corrected chi connectivity index (χ2v) is 3.85. The molecular weight excluding hydrogens is 190 g/mol. The maximum absolute atomic E-state index is 5.92. The van der Waals surface area contributed by atoms with Gasteiger partial charge in [-0.2, -0.15) is 0 Å². The number of hydrogen-bond acceptors (Lipinski definition) is 3. The summed E-state index contributed by atoms with van der Waals surface area (Å²) in [5.41, 5.74) is 7.08. The standard InChI is InChI=1S/C12H17NO2/c1-2-12(13)9-3-5-10(6-4-9)14-7-11-8-15-11/h3-6,11-12H,2,7-8,13H2,1H3.